The average Bonchev–Trinajstić information content (AvgIpc) is 2.66. The first-order chi connectivity index (χ1) is 7.70. The van der Waals surface area contributed by atoms with Crippen LogP contribution >= 0.6 is 0 Å². The van der Waals surface area contributed by atoms with Crippen molar-refractivity contribution in [3.8, 4) is 0 Å². The minimum Gasteiger partial charge on any atom is -0.340 e. The summed E-state index contributed by atoms with van der Waals surface area (Å²) in [5, 5.41) is 3.26. The van der Waals surface area contributed by atoms with Crippen LogP contribution in [0.1, 0.15) is 22.9 Å². The fraction of sp³-hybridized carbons (Fsp3) is 0.333. The van der Waals surface area contributed by atoms with Crippen LogP contribution in [0.3, 0.4) is 0 Å². The lowest BCUT2D eigenvalue weighted by atomic mass is 10.1. The zero-order valence-corrected chi connectivity index (χ0v) is 9.81. The smallest absolute Gasteiger partial charge is 0.0947 e. The van der Waals surface area contributed by atoms with E-state index in [0.29, 0.717) is 0 Å². The minimum atomic E-state index is 0.105. The molecule has 0 spiro atoms. The standard InChI is InChI=1S/C12H16N4/c1-9-4-10(6-14-5-9)12(13-2)11-7-16(3)8-15-11/h4-8,12-13H,1-3H3. The molecule has 0 aliphatic rings. The molecule has 1 unspecified atom stereocenters. The van der Waals surface area contributed by atoms with Crippen molar-refractivity contribution in [2.24, 2.45) is 7.05 Å². The Hall–Kier alpha value is -1.68. The van der Waals surface area contributed by atoms with E-state index < -0.39 is 0 Å². The fourth-order valence-corrected chi connectivity index (χ4v) is 1.80. The average molecular weight is 216 g/mol. The molecule has 0 amide bonds. The molecular formula is C12H16N4. The number of hydrogen-bond acceptors (Lipinski definition) is 3. The molecule has 0 radical (unpaired) electrons. The molecule has 4 nitrogen and oxygen atoms in total. The van der Waals surface area contributed by atoms with Crippen LogP contribution in [0.2, 0.25) is 0 Å². The molecule has 16 heavy (non-hydrogen) atoms. The van der Waals surface area contributed by atoms with Gasteiger partial charge in [-0.2, -0.15) is 0 Å². The predicted octanol–water partition coefficient (Wildman–Crippen LogP) is 1.43. The van der Waals surface area contributed by atoms with Crippen molar-refractivity contribution in [1.82, 2.24) is 19.9 Å². The molecule has 0 aliphatic heterocycles. The quantitative estimate of drug-likeness (QED) is 0.844. The molecule has 0 aromatic carbocycles. The van der Waals surface area contributed by atoms with Gasteiger partial charge in [0.05, 0.1) is 18.1 Å². The topological polar surface area (TPSA) is 42.7 Å². The molecule has 0 saturated carbocycles. The second-order valence-electron chi connectivity index (χ2n) is 3.98. The third-order valence-electron chi connectivity index (χ3n) is 2.54. The zero-order valence-electron chi connectivity index (χ0n) is 9.81. The number of aromatic nitrogens is 3. The number of nitrogens with one attached hydrogen (secondary N) is 1. The second kappa shape index (κ2) is 4.45. The Bertz CT molecular complexity index is 475. The van der Waals surface area contributed by atoms with Gasteiger partial charge >= 0.3 is 0 Å². The summed E-state index contributed by atoms with van der Waals surface area (Å²) >= 11 is 0. The SMILES string of the molecule is CNC(c1cncc(C)c1)c1cn(C)cn1. The van der Waals surface area contributed by atoms with Gasteiger partial charge in [0.15, 0.2) is 0 Å². The molecule has 4 heteroatoms. The second-order valence-corrected chi connectivity index (χ2v) is 3.98. The lowest BCUT2D eigenvalue weighted by molar-refractivity contribution is 0.670. The number of aryl methyl sites for hydroxylation is 2. The van der Waals surface area contributed by atoms with E-state index in [1.165, 1.54) is 0 Å². The molecule has 0 aliphatic carbocycles. The van der Waals surface area contributed by atoms with Crippen molar-refractivity contribution in [2.75, 3.05) is 7.05 Å². The van der Waals surface area contributed by atoms with E-state index in [1.54, 1.807) is 0 Å². The van der Waals surface area contributed by atoms with Crippen LogP contribution in [-0.4, -0.2) is 21.6 Å². The molecule has 0 saturated heterocycles. The highest BCUT2D eigenvalue weighted by molar-refractivity contribution is 5.26. The van der Waals surface area contributed by atoms with Gasteiger partial charge in [-0.25, -0.2) is 4.98 Å². The van der Waals surface area contributed by atoms with E-state index in [2.05, 4.69) is 21.4 Å². The van der Waals surface area contributed by atoms with Crippen LogP contribution in [0.5, 0.6) is 0 Å². The fourth-order valence-electron chi connectivity index (χ4n) is 1.80. The summed E-state index contributed by atoms with van der Waals surface area (Å²) in [5.74, 6) is 0. The number of pyridine rings is 1. The monoisotopic (exact) mass is 216 g/mol. The van der Waals surface area contributed by atoms with E-state index >= 15 is 0 Å². The van der Waals surface area contributed by atoms with Gasteiger partial charge in [0.2, 0.25) is 0 Å². The van der Waals surface area contributed by atoms with Crippen molar-refractivity contribution in [3.63, 3.8) is 0 Å². The van der Waals surface area contributed by atoms with Crippen molar-refractivity contribution in [1.29, 1.82) is 0 Å². The number of imidazole rings is 1. The van der Waals surface area contributed by atoms with Gasteiger partial charge in [-0.1, -0.05) is 6.07 Å². The van der Waals surface area contributed by atoms with Crippen LogP contribution in [-0.2, 0) is 7.05 Å². The molecule has 2 aromatic heterocycles. The first kappa shape index (κ1) is 10.8. The molecular weight excluding hydrogens is 200 g/mol. The minimum absolute atomic E-state index is 0.105. The van der Waals surface area contributed by atoms with Gasteiger partial charge in [0, 0.05) is 25.6 Å². The van der Waals surface area contributed by atoms with E-state index in [9.17, 15) is 0 Å². The lowest BCUT2D eigenvalue weighted by Crippen LogP contribution is -2.18. The van der Waals surface area contributed by atoms with Crippen LogP contribution in [0, 0.1) is 6.92 Å². The van der Waals surface area contributed by atoms with Crippen LogP contribution in [0.15, 0.2) is 31.0 Å². The number of rotatable bonds is 3. The Morgan fingerprint density at radius 3 is 2.75 bits per heavy atom. The summed E-state index contributed by atoms with van der Waals surface area (Å²) in [7, 11) is 3.90. The van der Waals surface area contributed by atoms with Crippen molar-refractivity contribution in [2.45, 2.75) is 13.0 Å². The Morgan fingerprint density at radius 2 is 2.19 bits per heavy atom. The maximum atomic E-state index is 4.37. The molecule has 2 rings (SSSR count). The summed E-state index contributed by atoms with van der Waals surface area (Å²) in [5.41, 5.74) is 3.31. The van der Waals surface area contributed by atoms with Gasteiger partial charge in [-0.05, 0) is 25.1 Å². The largest absolute Gasteiger partial charge is 0.340 e. The van der Waals surface area contributed by atoms with Gasteiger partial charge < -0.3 is 9.88 Å². The molecule has 1 N–H and O–H groups in total. The summed E-state index contributed by atoms with van der Waals surface area (Å²) in [6.45, 7) is 2.04. The van der Waals surface area contributed by atoms with Gasteiger partial charge in [-0.3, -0.25) is 4.98 Å². The van der Waals surface area contributed by atoms with Gasteiger partial charge in [0.1, 0.15) is 0 Å². The van der Waals surface area contributed by atoms with E-state index in [4.69, 9.17) is 0 Å². The van der Waals surface area contributed by atoms with Crippen molar-refractivity contribution < 1.29 is 0 Å². The molecule has 84 valence electrons. The Morgan fingerprint density at radius 1 is 1.38 bits per heavy atom. The van der Waals surface area contributed by atoms with Gasteiger partial charge in [0.25, 0.3) is 0 Å². The van der Waals surface area contributed by atoms with E-state index in [0.717, 1.165) is 16.8 Å². The van der Waals surface area contributed by atoms with Gasteiger partial charge in [-0.15, -0.1) is 0 Å². The van der Waals surface area contributed by atoms with Crippen LogP contribution < -0.4 is 5.32 Å². The first-order valence-corrected chi connectivity index (χ1v) is 5.27. The number of hydrogen-bond donors (Lipinski definition) is 1. The van der Waals surface area contributed by atoms with Crippen molar-refractivity contribution >= 4 is 0 Å². The molecule has 0 bridgehead atoms. The molecule has 2 heterocycles. The normalized spacial score (nSPS) is 12.7. The third kappa shape index (κ3) is 2.12. The summed E-state index contributed by atoms with van der Waals surface area (Å²) in [6, 6.07) is 2.23. The maximum absolute atomic E-state index is 4.37. The Balaban J connectivity index is 2.36. The Labute approximate surface area is 95.4 Å². The Kier molecular flexibility index (Phi) is 3.01. The first-order valence-electron chi connectivity index (χ1n) is 5.27. The number of nitrogens with zero attached hydrogens (tertiary/aromatic N) is 3. The molecule has 1 atom stereocenters. The third-order valence-corrected chi connectivity index (χ3v) is 2.54. The van der Waals surface area contributed by atoms with Crippen LogP contribution in [0.4, 0.5) is 0 Å². The lowest BCUT2D eigenvalue weighted by Gasteiger charge is -2.14. The summed E-state index contributed by atoms with van der Waals surface area (Å²) < 4.78 is 1.95. The van der Waals surface area contributed by atoms with E-state index in [1.807, 2.05) is 50.5 Å². The summed E-state index contributed by atoms with van der Waals surface area (Å²) in [6.07, 6.45) is 7.56. The highest BCUT2D eigenvalue weighted by atomic mass is 15.0. The maximum Gasteiger partial charge on any atom is 0.0947 e. The van der Waals surface area contributed by atoms with Crippen LogP contribution in [0.25, 0.3) is 0 Å². The van der Waals surface area contributed by atoms with E-state index in [-0.39, 0.29) is 6.04 Å². The molecule has 0 fully saturated rings. The zero-order chi connectivity index (χ0) is 11.5. The van der Waals surface area contributed by atoms with Crippen molar-refractivity contribution in [3.05, 3.63) is 47.8 Å². The predicted molar refractivity (Wildman–Crippen MR) is 63.1 cm³/mol. The molecule has 2 aromatic rings. The highest BCUT2D eigenvalue weighted by Crippen LogP contribution is 2.19. The summed E-state index contributed by atoms with van der Waals surface area (Å²) in [4.78, 5) is 8.58. The highest BCUT2D eigenvalue weighted by Gasteiger charge is 2.14.